The average Bonchev–Trinajstić information content (AvgIpc) is 3.14. The number of aliphatic imine (C=N–C) groups is 1. The van der Waals surface area contributed by atoms with Crippen molar-refractivity contribution in [3.8, 4) is 0 Å². The Kier molecular flexibility index (Phi) is 5.50. The molecular formula is C12H25IN4. The highest BCUT2D eigenvalue weighted by atomic mass is 127. The number of nitrogens with zero attached hydrogens (tertiary/aromatic N) is 3. The molecular weight excluding hydrogens is 327 g/mol. The molecule has 0 heterocycles. The van der Waals surface area contributed by atoms with E-state index in [9.17, 15) is 0 Å². The van der Waals surface area contributed by atoms with E-state index in [0.29, 0.717) is 18.0 Å². The van der Waals surface area contributed by atoms with Crippen molar-refractivity contribution in [3.05, 3.63) is 0 Å². The summed E-state index contributed by atoms with van der Waals surface area (Å²) in [5.74, 6) is 0.707. The van der Waals surface area contributed by atoms with E-state index >= 15 is 0 Å². The highest BCUT2D eigenvalue weighted by Crippen LogP contribution is 2.27. The van der Waals surface area contributed by atoms with Gasteiger partial charge in [-0.25, -0.2) is 0 Å². The van der Waals surface area contributed by atoms with Gasteiger partial charge in [-0.3, -0.25) is 9.89 Å². The van der Waals surface area contributed by atoms with Gasteiger partial charge in [-0.2, -0.15) is 0 Å². The predicted octanol–water partition coefficient (Wildman–Crippen LogP) is 1.50. The first-order chi connectivity index (χ1) is 7.59. The summed E-state index contributed by atoms with van der Waals surface area (Å²) in [5.41, 5.74) is 5.96. The number of hydrogen-bond acceptors (Lipinski definition) is 2. The molecule has 17 heavy (non-hydrogen) atoms. The van der Waals surface area contributed by atoms with Gasteiger partial charge in [0.2, 0.25) is 0 Å². The van der Waals surface area contributed by atoms with Gasteiger partial charge >= 0.3 is 0 Å². The Morgan fingerprint density at radius 3 is 2.24 bits per heavy atom. The number of likely N-dealkylation sites (N-methyl/N-ethyl adjacent to an activating group) is 1. The molecule has 2 saturated carbocycles. The molecule has 0 aromatic heterocycles. The Morgan fingerprint density at radius 2 is 1.76 bits per heavy atom. The Bertz CT molecular complexity index is 274. The van der Waals surface area contributed by atoms with Crippen molar-refractivity contribution in [2.45, 2.75) is 50.7 Å². The van der Waals surface area contributed by atoms with E-state index in [2.05, 4.69) is 28.8 Å². The smallest absolute Gasteiger partial charge is 0.191 e. The van der Waals surface area contributed by atoms with Gasteiger partial charge < -0.3 is 10.6 Å². The van der Waals surface area contributed by atoms with Gasteiger partial charge in [0.05, 0.1) is 6.54 Å². The molecule has 0 aliphatic heterocycles. The Morgan fingerprint density at radius 1 is 1.24 bits per heavy atom. The second-order valence-corrected chi connectivity index (χ2v) is 5.29. The summed E-state index contributed by atoms with van der Waals surface area (Å²) in [7, 11) is 4.24. The maximum Gasteiger partial charge on any atom is 0.191 e. The maximum atomic E-state index is 5.96. The molecule has 0 saturated heterocycles. The number of hydrogen-bond donors (Lipinski definition) is 1. The van der Waals surface area contributed by atoms with Crippen LogP contribution in [-0.4, -0.2) is 54.5 Å². The molecule has 2 fully saturated rings. The van der Waals surface area contributed by atoms with Crippen LogP contribution in [0, 0.1) is 0 Å². The SMILES string of the molecule is CC(CN=C(N)N(C)C1CC1)N(C)C1CC1.I. The van der Waals surface area contributed by atoms with Crippen molar-refractivity contribution >= 4 is 29.9 Å². The average molecular weight is 352 g/mol. The zero-order chi connectivity index (χ0) is 11.7. The topological polar surface area (TPSA) is 44.9 Å². The minimum Gasteiger partial charge on any atom is -0.370 e. The van der Waals surface area contributed by atoms with Crippen LogP contribution in [0.5, 0.6) is 0 Å². The third-order valence-electron chi connectivity index (χ3n) is 3.79. The van der Waals surface area contributed by atoms with Crippen molar-refractivity contribution in [1.29, 1.82) is 0 Å². The minimum atomic E-state index is 0. The van der Waals surface area contributed by atoms with Gasteiger partial charge in [0, 0.05) is 25.2 Å². The summed E-state index contributed by atoms with van der Waals surface area (Å²) in [6.07, 6.45) is 5.23. The van der Waals surface area contributed by atoms with Crippen LogP contribution in [0.1, 0.15) is 32.6 Å². The summed E-state index contributed by atoms with van der Waals surface area (Å²) in [6.45, 7) is 3.04. The third-order valence-corrected chi connectivity index (χ3v) is 3.79. The van der Waals surface area contributed by atoms with Crippen LogP contribution in [0.3, 0.4) is 0 Å². The van der Waals surface area contributed by atoms with Crippen LogP contribution in [0.25, 0.3) is 0 Å². The number of guanidine groups is 1. The van der Waals surface area contributed by atoms with Gasteiger partial charge in [0.25, 0.3) is 0 Å². The lowest BCUT2D eigenvalue weighted by molar-refractivity contribution is 0.253. The van der Waals surface area contributed by atoms with Gasteiger partial charge in [-0.1, -0.05) is 0 Å². The molecule has 5 heteroatoms. The quantitative estimate of drug-likeness (QED) is 0.463. The number of halogens is 1. The first kappa shape index (κ1) is 15.0. The Labute approximate surface area is 122 Å². The first-order valence-electron chi connectivity index (χ1n) is 6.34. The van der Waals surface area contributed by atoms with E-state index in [1.807, 2.05) is 7.05 Å². The summed E-state index contributed by atoms with van der Waals surface area (Å²) >= 11 is 0. The standard InChI is InChI=1S/C12H24N4.HI/c1-9(15(2)10-4-5-10)8-14-12(13)16(3)11-6-7-11;/h9-11H,4-8H2,1-3H3,(H2,13,14);1H. The zero-order valence-corrected chi connectivity index (χ0v) is 13.4. The lowest BCUT2D eigenvalue weighted by Gasteiger charge is -2.24. The highest BCUT2D eigenvalue weighted by molar-refractivity contribution is 14.0. The fraction of sp³-hybridized carbons (Fsp3) is 0.917. The van der Waals surface area contributed by atoms with Gasteiger partial charge in [0.15, 0.2) is 5.96 Å². The van der Waals surface area contributed by atoms with E-state index in [4.69, 9.17) is 5.73 Å². The Balaban J connectivity index is 0.00000144. The van der Waals surface area contributed by atoms with Gasteiger partial charge in [-0.05, 0) is 39.7 Å². The van der Waals surface area contributed by atoms with Crippen molar-refractivity contribution in [2.75, 3.05) is 20.6 Å². The molecule has 0 spiro atoms. The van der Waals surface area contributed by atoms with Crippen LogP contribution in [-0.2, 0) is 0 Å². The minimum absolute atomic E-state index is 0. The van der Waals surface area contributed by atoms with Crippen LogP contribution >= 0.6 is 24.0 Å². The maximum absolute atomic E-state index is 5.96. The molecule has 1 atom stereocenters. The normalized spacial score (nSPS) is 22.2. The van der Waals surface area contributed by atoms with Gasteiger partial charge in [-0.15, -0.1) is 24.0 Å². The van der Waals surface area contributed by atoms with Crippen LogP contribution < -0.4 is 5.73 Å². The van der Waals surface area contributed by atoms with Crippen LogP contribution in [0.4, 0.5) is 0 Å². The van der Waals surface area contributed by atoms with E-state index in [0.717, 1.165) is 12.6 Å². The lowest BCUT2D eigenvalue weighted by atomic mass is 10.3. The van der Waals surface area contributed by atoms with E-state index < -0.39 is 0 Å². The molecule has 2 aliphatic carbocycles. The molecule has 2 aliphatic rings. The second kappa shape index (κ2) is 6.22. The number of rotatable bonds is 5. The van der Waals surface area contributed by atoms with Crippen molar-refractivity contribution in [3.63, 3.8) is 0 Å². The first-order valence-corrected chi connectivity index (χ1v) is 6.34. The van der Waals surface area contributed by atoms with E-state index in [1.165, 1.54) is 25.7 Å². The van der Waals surface area contributed by atoms with E-state index in [1.54, 1.807) is 0 Å². The molecule has 2 N–H and O–H groups in total. The summed E-state index contributed by atoms with van der Waals surface area (Å²) < 4.78 is 0. The van der Waals surface area contributed by atoms with E-state index in [-0.39, 0.29) is 24.0 Å². The molecule has 0 bridgehead atoms. The molecule has 4 nitrogen and oxygen atoms in total. The second-order valence-electron chi connectivity index (χ2n) is 5.29. The monoisotopic (exact) mass is 352 g/mol. The largest absolute Gasteiger partial charge is 0.370 e. The summed E-state index contributed by atoms with van der Waals surface area (Å²) in [5, 5.41) is 0. The predicted molar refractivity (Wildman–Crippen MR) is 82.9 cm³/mol. The van der Waals surface area contributed by atoms with Crippen molar-refractivity contribution < 1.29 is 0 Å². The Hall–Kier alpha value is -0.0400. The molecule has 0 aromatic carbocycles. The molecule has 0 aromatic rings. The summed E-state index contributed by atoms with van der Waals surface area (Å²) in [6, 6.07) is 1.95. The van der Waals surface area contributed by atoms with Crippen molar-refractivity contribution in [2.24, 2.45) is 10.7 Å². The van der Waals surface area contributed by atoms with Crippen LogP contribution in [0.2, 0.25) is 0 Å². The lowest BCUT2D eigenvalue weighted by Crippen LogP contribution is -2.38. The third kappa shape index (κ3) is 4.28. The fourth-order valence-electron chi connectivity index (χ4n) is 1.96. The highest BCUT2D eigenvalue weighted by Gasteiger charge is 2.29. The zero-order valence-electron chi connectivity index (χ0n) is 11.1. The molecule has 0 radical (unpaired) electrons. The summed E-state index contributed by atoms with van der Waals surface area (Å²) in [4.78, 5) is 9.03. The van der Waals surface area contributed by atoms with Crippen molar-refractivity contribution in [1.82, 2.24) is 9.80 Å². The number of nitrogens with two attached hydrogens (primary N) is 1. The van der Waals surface area contributed by atoms with Crippen LogP contribution in [0.15, 0.2) is 4.99 Å². The molecule has 2 rings (SSSR count). The van der Waals surface area contributed by atoms with Gasteiger partial charge in [0.1, 0.15) is 0 Å². The molecule has 0 amide bonds. The fourth-order valence-corrected chi connectivity index (χ4v) is 1.96. The molecule has 1 unspecified atom stereocenters. The molecule has 100 valence electrons.